The van der Waals surface area contributed by atoms with Crippen molar-refractivity contribution in [1.82, 2.24) is 10.2 Å². The van der Waals surface area contributed by atoms with Crippen LogP contribution in [0.4, 0.5) is 23.7 Å². The second-order valence-corrected chi connectivity index (χ2v) is 8.53. The third-order valence-corrected chi connectivity index (χ3v) is 5.99. The second kappa shape index (κ2) is 8.34. The van der Waals surface area contributed by atoms with Gasteiger partial charge in [-0.3, -0.25) is 0 Å². The zero-order chi connectivity index (χ0) is 22.1. The number of carbonyl (C=O) groups excluding carboxylic acids is 1. The van der Waals surface area contributed by atoms with E-state index in [0.29, 0.717) is 38.5 Å². The molecule has 2 fully saturated rings. The Balaban J connectivity index is 1.87. The van der Waals surface area contributed by atoms with Crippen molar-refractivity contribution in [3.8, 4) is 6.07 Å². The maximum absolute atomic E-state index is 13.4. The van der Waals surface area contributed by atoms with E-state index in [2.05, 4.69) is 5.32 Å². The molecule has 1 N–H and O–H groups in total. The van der Waals surface area contributed by atoms with Gasteiger partial charge in [0.1, 0.15) is 0 Å². The number of hydrogen-bond acceptors (Lipinski definition) is 4. The predicted molar refractivity (Wildman–Crippen MR) is 106 cm³/mol. The number of methoxy groups -OCH3 is 1. The van der Waals surface area contributed by atoms with Gasteiger partial charge in [-0.05, 0) is 44.4 Å². The van der Waals surface area contributed by atoms with Crippen molar-refractivity contribution in [3.63, 3.8) is 0 Å². The number of nitriles is 1. The van der Waals surface area contributed by atoms with Gasteiger partial charge in [-0.25, -0.2) is 4.79 Å². The van der Waals surface area contributed by atoms with E-state index in [1.54, 1.807) is 24.1 Å². The van der Waals surface area contributed by atoms with E-state index in [9.17, 15) is 18.0 Å². The number of ether oxygens (including phenoxy) is 1. The van der Waals surface area contributed by atoms with Gasteiger partial charge in [-0.1, -0.05) is 0 Å². The number of hydrogen-bond donors (Lipinski definition) is 1. The molecule has 6 nitrogen and oxygen atoms in total. The molecule has 30 heavy (non-hydrogen) atoms. The van der Waals surface area contributed by atoms with Crippen molar-refractivity contribution in [2.75, 3.05) is 44.8 Å². The molecule has 0 unspecified atom stereocenters. The Labute approximate surface area is 174 Å². The quantitative estimate of drug-likeness (QED) is 0.804. The number of rotatable bonds is 4. The molecule has 0 radical (unpaired) electrons. The fourth-order valence-corrected chi connectivity index (χ4v) is 4.65. The molecule has 0 aromatic heterocycles. The molecule has 164 valence electrons. The number of carbonyl (C=O) groups is 1. The van der Waals surface area contributed by atoms with Crippen LogP contribution in [0.1, 0.15) is 31.4 Å². The molecule has 2 saturated heterocycles. The fraction of sp³-hybridized carbons (Fsp3) is 0.619. The van der Waals surface area contributed by atoms with E-state index in [-0.39, 0.29) is 29.0 Å². The molecular weight excluding hydrogens is 397 g/mol. The smallest absolute Gasteiger partial charge is 0.384 e. The SMILES string of the molecule is COC[C@@]12CN(C(=O)NC(C)C)CC[C@@H]1CN(c1ccc(C#N)c(C(F)(F)F)c1)C2. The molecule has 2 heterocycles. The molecular formula is C21H27F3N4O2. The molecule has 0 aliphatic carbocycles. The van der Waals surface area contributed by atoms with Crippen LogP contribution in [0.5, 0.6) is 0 Å². The first-order chi connectivity index (χ1) is 14.1. The van der Waals surface area contributed by atoms with Crippen molar-refractivity contribution in [1.29, 1.82) is 5.26 Å². The molecule has 0 spiro atoms. The molecule has 2 aliphatic rings. The number of amides is 2. The molecule has 2 amide bonds. The number of likely N-dealkylation sites (tertiary alicyclic amines) is 1. The molecule has 1 aromatic rings. The maximum atomic E-state index is 13.4. The zero-order valence-corrected chi connectivity index (χ0v) is 17.4. The number of piperidine rings is 1. The van der Waals surface area contributed by atoms with Crippen LogP contribution in [0, 0.1) is 22.7 Å². The molecule has 0 saturated carbocycles. The number of benzene rings is 1. The Morgan fingerprint density at radius 2 is 2.13 bits per heavy atom. The van der Waals surface area contributed by atoms with Crippen LogP contribution in [-0.2, 0) is 10.9 Å². The van der Waals surface area contributed by atoms with Gasteiger partial charge in [-0.15, -0.1) is 0 Å². The van der Waals surface area contributed by atoms with Crippen molar-refractivity contribution in [3.05, 3.63) is 29.3 Å². The zero-order valence-electron chi connectivity index (χ0n) is 17.4. The average molecular weight is 424 g/mol. The van der Waals surface area contributed by atoms with Crippen molar-refractivity contribution < 1.29 is 22.7 Å². The molecule has 9 heteroatoms. The predicted octanol–water partition coefficient (Wildman–Crippen LogP) is 3.47. The Kier molecular flexibility index (Phi) is 6.18. The summed E-state index contributed by atoms with van der Waals surface area (Å²) in [6.07, 6.45) is -3.84. The van der Waals surface area contributed by atoms with E-state index in [0.717, 1.165) is 12.5 Å². The summed E-state index contributed by atoms with van der Waals surface area (Å²) in [6.45, 7) is 6.38. The molecule has 0 bridgehead atoms. The lowest BCUT2D eigenvalue weighted by Gasteiger charge is -2.43. The number of anilines is 1. The molecule has 2 aliphatic heterocycles. The number of urea groups is 1. The number of nitrogens with zero attached hydrogens (tertiary/aromatic N) is 3. The number of halogens is 3. The highest BCUT2D eigenvalue weighted by Gasteiger charge is 2.51. The van der Waals surface area contributed by atoms with Crippen LogP contribution in [0.15, 0.2) is 18.2 Å². The highest BCUT2D eigenvalue weighted by Crippen LogP contribution is 2.45. The van der Waals surface area contributed by atoms with Crippen LogP contribution in [0.25, 0.3) is 0 Å². The summed E-state index contributed by atoms with van der Waals surface area (Å²) >= 11 is 0. The second-order valence-electron chi connectivity index (χ2n) is 8.53. The minimum Gasteiger partial charge on any atom is -0.384 e. The Morgan fingerprint density at radius 1 is 1.40 bits per heavy atom. The monoisotopic (exact) mass is 424 g/mol. The first-order valence-electron chi connectivity index (χ1n) is 10.0. The summed E-state index contributed by atoms with van der Waals surface area (Å²) in [5.41, 5.74) is -1.22. The molecule has 1 aromatic carbocycles. The van der Waals surface area contributed by atoms with Crippen LogP contribution < -0.4 is 10.2 Å². The Bertz CT molecular complexity index is 837. The minimum atomic E-state index is -4.59. The maximum Gasteiger partial charge on any atom is 0.417 e. The largest absolute Gasteiger partial charge is 0.417 e. The van der Waals surface area contributed by atoms with E-state index < -0.39 is 11.7 Å². The number of nitrogens with one attached hydrogen (secondary N) is 1. The minimum absolute atomic E-state index is 0.0214. The van der Waals surface area contributed by atoms with Gasteiger partial charge in [0.15, 0.2) is 0 Å². The van der Waals surface area contributed by atoms with Crippen molar-refractivity contribution in [2.45, 2.75) is 32.5 Å². The third kappa shape index (κ3) is 4.33. The van der Waals surface area contributed by atoms with Crippen molar-refractivity contribution in [2.24, 2.45) is 11.3 Å². The van der Waals surface area contributed by atoms with E-state index in [4.69, 9.17) is 10.00 Å². The summed E-state index contributed by atoms with van der Waals surface area (Å²) in [6, 6.07) is 5.36. The summed E-state index contributed by atoms with van der Waals surface area (Å²) in [4.78, 5) is 16.2. The Morgan fingerprint density at radius 3 is 2.73 bits per heavy atom. The number of alkyl halides is 3. The van der Waals surface area contributed by atoms with E-state index in [1.165, 1.54) is 6.07 Å². The van der Waals surface area contributed by atoms with Gasteiger partial charge >= 0.3 is 12.2 Å². The lowest BCUT2D eigenvalue weighted by Crippen LogP contribution is -2.55. The first-order valence-corrected chi connectivity index (χ1v) is 10.0. The summed E-state index contributed by atoms with van der Waals surface area (Å²) < 4.78 is 45.7. The summed E-state index contributed by atoms with van der Waals surface area (Å²) in [7, 11) is 1.60. The van der Waals surface area contributed by atoms with Gasteiger partial charge in [0.25, 0.3) is 0 Å². The third-order valence-electron chi connectivity index (χ3n) is 5.99. The normalized spacial score (nSPS) is 24.0. The fourth-order valence-electron chi connectivity index (χ4n) is 4.65. The average Bonchev–Trinajstić information content (AvgIpc) is 3.05. The first kappa shape index (κ1) is 22.2. The van der Waals surface area contributed by atoms with Crippen molar-refractivity contribution >= 4 is 11.7 Å². The van der Waals surface area contributed by atoms with Crippen LogP contribution in [0.2, 0.25) is 0 Å². The number of fused-ring (bicyclic) bond motifs is 1. The van der Waals surface area contributed by atoms with Gasteiger partial charge in [-0.2, -0.15) is 18.4 Å². The standard InChI is InChI=1S/C21H27F3N4O2/c1-14(2)26-19(29)27-7-6-16-10-28(12-20(16,11-27)13-30-3)17-5-4-15(9-25)18(8-17)21(22,23)24/h4-5,8,14,16H,6-7,10-13H2,1-3H3,(H,26,29)/t16-,20+/m1/s1. The highest BCUT2D eigenvalue weighted by molar-refractivity contribution is 5.74. The topological polar surface area (TPSA) is 68.6 Å². The molecule has 2 atom stereocenters. The van der Waals surface area contributed by atoms with Crippen LogP contribution in [0.3, 0.4) is 0 Å². The molecule has 3 rings (SSSR count). The Hall–Kier alpha value is -2.47. The summed E-state index contributed by atoms with van der Waals surface area (Å²) in [5, 5.41) is 11.9. The van der Waals surface area contributed by atoms with E-state index >= 15 is 0 Å². The van der Waals surface area contributed by atoms with Crippen LogP contribution >= 0.6 is 0 Å². The summed E-state index contributed by atoms with van der Waals surface area (Å²) in [5.74, 6) is 0.200. The van der Waals surface area contributed by atoms with Gasteiger partial charge in [0.2, 0.25) is 0 Å². The van der Waals surface area contributed by atoms with Gasteiger partial charge in [0, 0.05) is 50.4 Å². The highest BCUT2D eigenvalue weighted by atomic mass is 19.4. The lowest BCUT2D eigenvalue weighted by molar-refractivity contribution is -0.137. The van der Waals surface area contributed by atoms with E-state index in [1.807, 2.05) is 18.7 Å². The van der Waals surface area contributed by atoms with Gasteiger partial charge < -0.3 is 19.9 Å². The lowest BCUT2D eigenvalue weighted by atomic mass is 9.74. The van der Waals surface area contributed by atoms with Gasteiger partial charge in [0.05, 0.1) is 23.8 Å². The van der Waals surface area contributed by atoms with Crippen LogP contribution in [-0.4, -0.2) is 56.9 Å².